The Kier molecular flexibility index (Phi) is 4.48. The number of nitrogens with one attached hydrogen (secondary N) is 1. The molecule has 0 spiro atoms. The van der Waals surface area contributed by atoms with Gasteiger partial charge in [0.25, 0.3) is 5.69 Å². The van der Waals surface area contributed by atoms with E-state index in [1.165, 1.54) is 0 Å². The van der Waals surface area contributed by atoms with Crippen molar-refractivity contribution in [3.63, 3.8) is 0 Å². The summed E-state index contributed by atoms with van der Waals surface area (Å²) in [6, 6.07) is 2.74. The minimum absolute atomic E-state index is 0.182. The topological polar surface area (TPSA) is 98.3 Å². The molecule has 0 saturated heterocycles. The number of carbonyl (C=O) groups is 1. The van der Waals surface area contributed by atoms with Gasteiger partial charge in [-0.05, 0) is 12.1 Å². The lowest BCUT2D eigenvalue weighted by molar-refractivity contribution is -0.384. The van der Waals surface area contributed by atoms with Gasteiger partial charge in [-0.3, -0.25) is 14.9 Å². The van der Waals surface area contributed by atoms with E-state index in [0.29, 0.717) is 0 Å². The largest absolute Gasteiger partial charge is 0.373 e. The molecule has 1 aromatic rings. The molecule has 0 unspecified atom stereocenters. The molecule has 1 amide bonds. The van der Waals surface area contributed by atoms with Crippen LogP contribution in [0.4, 0.5) is 28.9 Å². The summed E-state index contributed by atoms with van der Waals surface area (Å²) < 4.78 is 49.5. The molecule has 0 bridgehead atoms. The number of nitro benzene ring substituents is 1. The average Bonchev–Trinajstić information content (AvgIpc) is 2.35. The van der Waals surface area contributed by atoms with Crippen LogP contribution in [0.3, 0.4) is 0 Å². The summed E-state index contributed by atoms with van der Waals surface area (Å²) in [7, 11) is 0. The Bertz CT molecular complexity index is 536. The normalized spacial score (nSPS) is 11.4. The van der Waals surface area contributed by atoms with Gasteiger partial charge in [0.05, 0.1) is 11.5 Å². The molecule has 0 aromatic heterocycles. The highest BCUT2D eigenvalue weighted by atomic mass is 19.3. The standard InChI is InChI=1S/C10H9F4N3O3/c11-9(12)10(13,14)4-16-6-3-5(8(15)18)1-2-7(6)17(19)20/h1-3,9,16H,4H2,(H2,15,18). The highest BCUT2D eigenvalue weighted by Gasteiger charge is 2.40. The Morgan fingerprint density at radius 1 is 1.45 bits per heavy atom. The minimum atomic E-state index is -4.36. The van der Waals surface area contributed by atoms with Gasteiger partial charge in [0, 0.05) is 11.6 Å². The Labute approximate surface area is 109 Å². The third kappa shape index (κ3) is 3.56. The molecule has 0 aliphatic heterocycles. The summed E-state index contributed by atoms with van der Waals surface area (Å²) in [5.41, 5.74) is 3.62. The van der Waals surface area contributed by atoms with E-state index < -0.39 is 41.1 Å². The first kappa shape index (κ1) is 15.7. The Morgan fingerprint density at radius 2 is 2.05 bits per heavy atom. The van der Waals surface area contributed by atoms with E-state index in [0.717, 1.165) is 18.2 Å². The summed E-state index contributed by atoms with van der Waals surface area (Å²) in [5.74, 6) is -5.31. The molecule has 1 rings (SSSR count). The highest BCUT2D eigenvalue weighted by molar-refractivity contribution is 5.94. The van der Waals surface area contributed by atoms with Crippen LogP contribution in [-0.2, 0) is 0 Å². The van der Waals surface area contributed by atoms with Gasteiger partial charge in [0.15, 0.2) is 0 Å². The second-order valence-electron chi connectivity index (χ2n) is 3.77. The predicted molar refractivity (Wildman–Crippen MR) is 61.1 cm³/mol. The van der Waals surface area contributed by atoms with E-state index in [2.05, 4.69) is 0 Å². The molecule has 0 radical (unpaired) electrons. The maximum atomic E-state index is 12.7. The third-order valence-electron chi connectivity index (χ3n) is 2.31. The van der Waals surface area contributed by atoms with Crippen LogP contribution in [-0.4, -0.2) is 29.7 Å². The molecular weight excluding hydrogens is 286 g/mol. The third-order valence-corrected chi connectivity index (χ3v) is 2.31. The van der Waals surface area contributed by atoms with Gasteiger partial charge in [0.2, 0.25) is 5.91 Å². The number of benzene rings is 1. The number of anilines is 1. The summed E-state index contributed by atoms with van der Waals surface area (Å²) in [4.78, 5) is 20.7. The van der Waals surface area contributed by atoms with E-state index in [-0.39, 0.29) is 5.56 Å². The van der Waals surface area contributed by atoms with Gasteiger partial charge in [0.1, 0.15) is 5.69 Å². The number of halogens is 4. The van der Waals surface area contributed by atoms with Gasteiger partial charge in [-0.1, -0.05) is 0 Å². The number of primary amides is 1. The van der Waals surface area contributed by atoms with Crippen molar-refractivity contribution in [1.82, 2.24) is 0 Å². The van der Waals surface area contributed by atoms with Crippen molar-refractivity contribution in [2.24, 2.45) is 5.73 Å². The molecule has 10 heteroatoms. The van der Waals surface area contributed by atoms with Crippen molar-refractivity contribution >= 4 is 17.3 Å². The van der Waals surface area contributed by atoms with Crippen molar-refractivity contribution in [2.45, 2.75) is 12.3 Å². The fourth-order valence-corrected chi connectivity index (χ4v) is 1.28. The first-order valence-corrected chi connectivity index (χ1v) is 5.13. The summed E-state index contributed by atoms with van der Waals surface area (Å²) in [6.45, 7) is -1.52. The van der Waals surface area contributed by atoms with Crippen molar-refractivity contribution in [1.29, 1.82) is 0 Å². The fourth-order valence-electron chi connectivity index (χ4n) is 1.28. The summed E-state index contributed by atoms with van der Waals surface area (Å²) >= 11 is 0. The van der Waals surface area contributed by atoms with Crippen LogP contribution < -0.4 is 11.1 Å². The maximum absolute atomic E-state index is 12.7. The van der Waals surface area contributed by atoms with Crippen LogP contribution in [0.15, 0.2) is 18.2 Å². The first-order valence-electron chi connectivity index (χ1n) is 5.13. The van der Waals surface area contributed by atoms with E-state index >= 15 is 0 Å². The smallest absolute Gasteiger partial charge is 0.324 e. The number of carbonyl (C=O) groups excluding carboxylic acids is 1. The molecule has 0 atom stereocenters. The van der Waals surface area contributed by atoms with E-state index in [1.54, 1.807) is 0 Å². The lowest BCUT2D eigenvalue weighted by atomic mass is 10.1. The average molecular weight is 295 g/mol. The summed E-state index contributed by atoms with van der Waals surface area (Å²) in [5, 5.41) is 12.5. The summed E-state index contributed by atoms with van der Waals surface area (Å²) in [6.07, 6.45) is -3.92. The zero-order valence-corrected chi connectivity index (χ0v) is 9.78. The number of hydrogen-bond donors (Lipinski definition) is 2. The lowest BCUT2D eigenvalue weighted by Crippen LogP contribution is -2.35. The fraction of sp³-hybridized carbons (Fsp3) is 0.300. The molecular formula is C10H9F4N3O3. The highest BCUT2D eigenvalue weighted by Crippen LogP contribution is 2.28. The number of nitrogens with two attached hydrogens (primary N) is 1. The molecule has 3 N–H and O–H groups in total. The first-order chi connectivity index (χ1) is 9.15. The van der Waals surface area contributed by atoms with Crippen molar-refractivity contribution in [2.75, 3.05) is 11.9 Å². The van der Waals surface area contributed by atoms with Crippen LogP contribution in [0.1, 0.15) is 10.4 Å². The van der Waals surface area contributed by atoms with Crippen LogP contribution in [0.25, 0.3) is 0 Å². The Balaban J connectivity index is 3.05. The zero-order chi connectivity index (χ0) is 15.5. The molecule has 0 heterocycles. The Hall–Kier alpha value is -2.39. The SMILES string of the molecule is NC(=O)c1ccc([N+](=O)[O-])c(NCC(F)(F)C(F)F)c1. The second-order valence-corrected chi connectivity index (χ2v) is 3.77. The number of nitro groups is 1. The second kappa shape index (κ2) is 5.72. The molecule has 6 nitrogen and oxygen atoms in total. The Morgan fingerprint density at radius 3 is 2.50 bits per heavy atom. The minimum Gasteiger partial charge on any atom is -0.373 e. The van der Waals surface area contributed by atoms with Gasteiger partial charge in [-0.25, -0.2) is 8.78 Å². The van der Waals surface area contributed by atoms with Crippen LogP contribution in [0.2, 0.25) is 0 Å². The van der Waals surface area contributed by atoms with Gasteiger partial charge >= 0.3 is 12.3 Å². The number of amides is 1. The van der Waals surface area contributed by atoms with Gasteiger partial charge in [-0.2, -0.15) is 8.78 Å². The van der Waals surface area contributed by atoms with Crippen LogP contribution in [0, 0.1) is 10.1 Å². The molecule has 110 valence electrons. The molecule has 0 fully saturated rings. The number of hydrogen-bond acceptors (Lipinski definition) is 4. The van der Waals surface area contributed by atoms with Crippen molar-refractivity contribution in [3.8, 4) is 0 Å². The lowest BCUT2D eigenvalue weighted by Gasteiger charge is -2.16. The quantitative estimate of drug-likeness (QED) is 0.476. The van der Waals surface area contributed by atoms with E-state index in [9.17, 15) is 32.5 Å². The number of nitrogens with zero attached hydrogens (tertiary/aromatic N) is 1. The number of rotatable bonds is 6. The zero-order valence-electron chi connectivity index (χ0n) is 9.78. The number of alkyl halides is 4. The predicted octanol–water partition coefficient (Wildman–Crippen LogP) is 2.01. The molecule has 20 heavy (non-hydrogen) atoms. The van der Waals surface area contributed by atoms with E-state index in [1.807, 2.05) is 5.32 Å². The molecule has 0 aliphatic rings. The van der Waals surface area contributed by atoms with Crippen molar-refractivity contribution < 1.29 is 27.3 Å². The molecule has 0 saturated carbocycles. The van der Waals surface area contributed by atoms with Crippen LogP contribution in [0.5, 0.6) is 0 Å². The van der Waals surface area contributed by atoms with Crippen LogP contribution >= 0.6 is 0 Å². The van der Waals surface area contributed by atoms with Gasteiger partial charge in [-0.15, -0.1) is 0 Å². The van der Waals surface area contributed by atoms with Crippen molar-refractivity contribution in [3.05, 3.63) is 33.9 Å². The molecule has 1 aromatic carbocycles. The molecule has 0 aliphatic carbocycles. The monoisotopic (exact) mass is 295 g/mol. The van der Waals surface area contributed by atoms with E-state index in [4.69, 9.17) is 5.73 Å². The van der Waals surface area contributed by atoms with Gasteiger partial charge < -0.3 is 11.1 Å². The maximum Gasteiger partial charge on any atom is 0.324 e.